The average molecular weight is 324 g/mol. The summed E-state index contributed by atoms with van der Waals surface area (Å²) in [6, 6.07) is 0. The number of piperidine rings is 1. The van der Waals surface area contributed by atoms with E-state index in [0.29, 0.717) is 6.61 Å². The van der Waals surface area contributed by atoms with E-state index < -0.39 is 0 Å². The fourth-order valence-corrected chi connectivity index (χ4v) is 5.74. The molecule has 3 nitrogen and oxygen atoms in total. The van der Waals surface area contributed by atoms with Gasteiger partial charge in [0.05, 0.1) is 12.7 Å². The van der Waals surface area contributed by atoms with Crippen LogP contribution in [0.4, 0.5) is 0 Å². The monoisotopic (exact) mass is 323 g/mol. The highest BCUT2D eigenvalue weighted by Crippen LogP contribution is 2.48. The molecular formula is C20H37NO2. The number of aliphatic hydroxyl groups excluding tert-OH is 1. The standard InChI is InChI=1S/C20H37NO2/c1-19(2)8-5-9-20(3,4)21(19)12-18(22)14-23-13-17-11-15-6-7-16(17)10-15/h15-18,22H,5-14H2,1-4H3/t15-,16-,17+,18-/m0/s1. The van der Waals surface area contributed by atoms with Crippen molar-refractivity contribution in [3.05, 3.63) is 0 Å². The van der Waals surface area contributed by atoms with E-state index in [4.69, 9.17) is 4.74 Å². The summed E-state index contributed by atoms with van der Waals surface area (Å²) in [5, 5.41) is 10.5. The Bertz CT molecular complexity index is 390. The maximum absolute atomic E-state index is 10.5. The molecule has 4 atom stereocenters. The SMILES string of the molecule is CC1(C)CCCC(C)(C)N1C[C@H](O)COC[C@H]1C[C@H]2CC[C@H]1C2. The van der Waals surface area contributed by atoms with Crippen LogP contribution < -0.4 is 0 Å². The van der Waals surface area contributed by atoms with Gasteiger partial charge in [-0.3, -0.25) is 4.90 Å². The van der Waals surface area contributed by atoms with Crippen LogP contribution in [0, 0.1) is 17.8 Å². The van der Waals surface area contributed by atoms with Crippen molar-refractivity contribution in [2.45, 2.75) is 89.8 Å². The number of β-amino-alcohol motifs (C(OH)–C–C–N with tert-alkyl or cyclic N) is 1. The highest BCUT2D eigenvalue weighted by molar-refractivity contribution is 4.97. The van der Waals surface area contributed by atoms with E-state index >= 15 is 0 Å². The Balaban J connectivity index is 1.44. The van der Waals surface area contributed by atoms with E-state index in [2.05, 4.69) is 32.6 Å². The smallest absolute Gasteiger partial charge is 0.0900 e. The predicted molar refractivity (Wildman–Crippen MR) is 94.5 cm³/mol. The molecule has 2 saturated carbocycles. The summed E-state index contributed by atoms with van der Waals surface area (Å²) in [5.74, 6) is 2.66. The van der Waals surface area contributed by atoms with Crippen molar-refractivity contribution in [3.63, 3.8) is 0 Å². The first-order valence-corrected chi connectivity index (χ1v) is 9.81. The Morgan fingerprint density at radius 3 is 2.35 bits per heavy atom. The van der Waals surface area contributed by atoms with Gasteiger partial charge in [0.1, 0.15) is 0 Å². The van der Waals surface area contributed by atoms with Crippen molar-refractivity contribution >= 4 is 0 Å². The van der Waals surface area contributed by atoms with Gasteiger partial charge in [-0.2, -0.15) is 0 Å². The molecule has 0 radical (unpaired) electrons. The van der Waals surface area contributed by atoms with Crippen LogP contribution in [0.25, 0.3) is 0 Å². The first kappa shape index (κ1) is 17.7. The van der Waals surface area contributed by atoms with E-state index in [0.717, 1.165) is 30.9 Å². The van der Waals surface area contributed by atoms with Crippen molar-refractivity contribution in [3.8, 4) is 0 Å². The summed E-state index contributed by atoms with van der Waals surface area (Å²) >= 11 is 0. The molecular weight excluding hydrogens is 286 g/mol. The van der Waals surface area contributed by atoms with Gasteiger partial charge < -0.3 is 9.84 Å². The van der Waals surface area contributed by atoms with Crippen LogP contribution in [0.5, 0.6) is 0 Å². The third kappa shape index (κ3) is 3.93. The largest absolute Gasteiger partial charge is 0.389 e. The summed E-state index contributed by atoms with van der Waals surface area (Å²) in [7, 11) is 0. The molecule has 134 valence electrons. The number of hydrogen-bond acceptors (Lipinski definition) is 3. The summed E-state index contributed by atoms with van der Waals surface area (Å²) in [6.45, 7) is 11.4. The molecule has 3 rings (SSSR count). The van der Waals surface area contributed by atoms with Gasteiger partial charge >= 0.3 is 0 Å². The summed E-state index contributed by atoms with van der Waals surface area (Å²) in [6.07, 6.45) is 9.02. The van der Waals surface area contributed by atoms with E-state index in [1.807, 2.05) is 0 Å². The summed E-state index contributed by atoms with van der Waals surface area (Å²) in [4.78, 5) is 2.51. The predicted octanol–water partition coefficient (Wildman–Crippen LogP) is 3.84. The third-order valence-electron chi connectivity index (χ3n) is 6.96. The molecule has 1 heterocycles. The fraction of sp³-hybridized carbons (Fsp3) is 1.00. The van der Waals surface area contributed by atoms with Gasteiger partial charge in [-0.1, -0.05) is 6.42 Å². The van der Waals surface area contributed by atoms with Crippen molar-refractivity contribution in [2.24, 2.45) is 17.8 Å². The van der Waals surface area contributed by atoms with Gasteiger partial charge in [0.25, 0.3) is 0 Å². The molecule has 0 aromatic rings. The minimum absolute atomic E-state index is 0.174. The Morgan fingerprint density at radius 2 is 1.78 bits per heavy atom. The number of aliphatic hydroxyl groups is 1. The Morgan fingerprint density at radius 1 is 1.09 bits per heavy atom. The molecule has 2 aliphatic carbocycles. The fourth-order valence-electron chi connectivity index (χ4n) is 5.74. The maximum atomic E-state index is 10.5. The van der Waals surface area contributed by atoms with Gasteiger partial charge in [-0.05, 0) is 84.0 Å². The summed E-state index contributed by atoms with van der Waals surface area (Å²) < 4.78 is 5.93. The van der Waals surface area contributed by atoms with E-state index in [1.165, 1.54) is 44.9 Å². The number of hydrogen-bond donors (Lipinski definition) is 1. The molecule has 1 aliphatic heterocycles. The minimum Gasteiger partial charge on any atom is -0.389 e. The molecule has 3 fully saturated rings. The Kier molecular flexibility index (Phi) is 5.11. The van der Waals surface area contributed by atoms with Crippen LogP contribution in [0.15, 0.2) is 0 Å². The van der Waals surface area contributed by atoms with E-state index in [-0.39, 0.29) is 17.2 Å². The zero-order chi connectivity index (χ0) is 16.7. The van der Waals surface area contributed by atoms with E-state index in [9.17, 15) is 5.11 Å². The molecule has 0 aromatic heterocycles. The van der Waals surface area contributed by atoms with Gasteiger partial charge in [0, 0.05) is 24.2 Å². The minimum atomic E-state index is -0.370. The highest BCUT2D eigenvalue weighted by Gasteiger charge is 2.42. The quantitative estimate of drug-likeness (QED) is 0.806. The lowest BCUT2D eigenvalue weighted by Gasteiger charge is -2.53. The second kappa shape index (κ2) is 6.65. The molecule has 0 spiro atoms. The molecule has 3 aliphatic rings. The summed E-state index contributed by atoms with van der Waals surface area (Å²) in [5.41, 5.74) is 0.348. The lowest BCUT2D eigenvalue weighted by atomic mass is 9.79. The van der Waals surface area contributed by atoms with Gasteiger partial charge in [-0.15, -0.1) is 0 Å². The lowest BCUT2D eigenvalue weighted by Crippen LogP contribution is -2.60. The zero-order valence-corrected chi connectivity index (χ0v) is 15.7. The van der Waals surface area contributed by atoms with Crippen LogP contribution >= 0.6 is 0 Å². The average Bonchev–Trinajstić information content (AvgIpc) is 3.05. The van der Waals surface area contributed by atoms with Crippen LogP contribution in [0.2, 0.25) is 0 Å². The van der Waals surface area contributed by atoms with Crippen molar-refractivity contribution in [2.75, 3.05) is 19.8 Å². The van der Waals surface area contributed by atoms with Crippen molar-refractivity contribution < 1.29 is 9.84 Å². The lowest BCUT2D eigenvalue weighted by molar-refractivity contribution is -0.0731. The number of nitrogens with zero attached hydrogens (tertiary/aromatic N) is 1. The molecule has 0 unspecified atom stereocenters. The first-order valence-electron chi connectivity index (χ1n) is 9.81. The first-order chi connectivity index (χ1) is 10.8. The maximum Gasteiger partial charge on any atom is 0.0900 e. The Hall–Kier alpha value is -0.120. The van der Waals surface area contributed by atoms with Crippen LogP contribution in [-0.2, 0) is 4.74 Å². The molecule has 3 heteroatoms. The number of ether oxygens (including phenoxy) is 1. The molecule has 0 amide bonds. The molecule has 2 bridgehead atoms. The molecule has 1 saturated heterocycles. The second-order valence-corrected chi connectivity index (χ2v) is 9.72. The normalized spacial score (nSPS) is 37.2. The van der Waals surface area contributed by atoms with Gasteiger partial charge in [0.2, 0.25) is 0 Å². The number of rotatable bonds is 6. The second-order valence-electron chi connectivity index (χ2n) is 9.72. The third-order valence-corrected chi connectivity index (χ3v) is 6.96. The molecule has 0 aromatic carbocycles. The van der Waals surface area contributed by atoms with Gasteiger partial charge in [-0.25, -0.2) is 0 Å². The highest BCUT2D eigenvalue weighted by atomic mass is 16.5. The van der Waals surface area contributed by atoms with Crippen LogP contribution in [0.1, 0.15) is 72.6 Å². The van der Waals surface area contributed by atoms with Crippen molar-refractivity contribution in [1.82, 2.24) is 4.90 Å². The molecule has 23 heavy (non-hydrogen) atoms. The van der Waals surface area contributed by atoms with E-state index in [1.54, 1.807) is 0 Å². The van der Waals surface area contributed by atoms with Crippen LogP contribution in [0.3, 0.4) is 0 Å². The molecule has 1 N–H and O–H groups in total. The van der Waals surface area contributed by atoms with Gasteiger partial charge in [0.15, 0.2) is 0 Å². The topological polar surface area (TPSA) is 32.7 Å². The number of fused-ring (bicyclic) bond motifs is 2. The Labute approximate surface area is 142 Å². The van der Waals surface area contributed by atoms with Crippen LogP contribution in [-0.4, -0.2) is 46.9 Å². The zero-order valence-electron chi connectivity index (χ0n) is 15.7. The van der Waals surface area contributed by atoms with Crippen molar-refractivity contribution in [1.29, 1.82) is 0 Å². The number of likely N-dealkylation sites (tertiary alicyclic amines) is 1.